The van der Waals surface area contributed by atoms with E-state index in [1.165, 1.54) is 11.1 Å². The average molecular weight is 308 g/mol. The van der Waals surface area contributed by atoms with E-state index >= 15 is 0 Å². The molecule has 0 heterocycles. The van der Waals surface area contributed by atoms with Crippen LogP contribution < -0.4 is 0 Å². The minimum atomic E-state index is -3.83. The normalized spacial score (nSPS) is 10.9. The zero-order valence-electron chi connectivity index (χ0n) is 10.8. The molecule has 0 radical (unpaired) electrons. The summed E-state index contributed by atoms with van der Waals surface area (Å²) in [4.78, 5) is 0. The Balaban J connectivity index is 0.000000347. The van der Waals surface area contributed by atoms with Crippen molar-refractivity contribution in [2.45, 2.75) is 6.42 Å². The van der Waals surface area contributed by atoms with Gasteiger partial charge in [0.25, 0.3) is 9.05 Å². The quantitative estimate of drug-likeness (QED) is 0.909. The standard InChI is InChI=1S/C15H14.H2O3S2/c1-3-8-14(9-4-1)12-7-13-15-10-5-2-6-11-15;1-5(2,3)4/h1-12H,13H2;(H2,1,2,3,4). The van der Waals surface area contributed by atoms with Crippen LogP contribution in [0.15, 0.2) is 66.7 Å². The average Bonchev–Trinajstić information content (AvgIpc) is 2.39. The number of rotatable bonds is 3. The van der Waals surface area contributed by atoms with Crippen molar-refractivity contribution in [1.82, 2.24) is 0 Å². The molecule has 0 saturated carbocycles. The van der Waals surface area contributed by atoms with E-state index in [9.17, 15) is 0 Å². The van der Waals surface area contributed by atoms with Crippen molar-refractivity contribution < 1.29 is 13.3 Å². The highest BCUT2D eigenvalue weighted by Gasteiger charge is 1.86. The Kier molecular flexibility index (Phi) is 7.11. The minimum absolute atomic E-state index is 0.996. The highest BCUT2D eigenvalue weighted by Crippen LogP contribution is 2.04. The van der Waals surface area contributed by atoms with Crippen LogP contribution in [0.25, 0.3) is 6.08 Å². The van der Waals surface area contributed by atoms with Crippen molar-refractivity contribution in [2.75, 3.05) is 0 Å². The first kappa shape index (κ1) is 16.5. The Labute approximate surface area is 124 Å². The van der Waals surface area contributed by atoms with Gasteiger partial charge in [0.2, 0.25) is 0 Å². The van der Waals surface area contributed by atoms with E-state index in [1.54, 1.807) is 0 Å². The van der Waals surface area contributed by atoms with Crippen LogP contribution in [0.5, 0.6) is 0 Å². The first-order valence-corrected chi connectivity index (χ1v) is 8.30. The second kappa shape index (κ2) is 8.60. The van der Waals surface area contributed by atoms with Crippen LogP contribution in [0, 0.1) is 0 Å². The van der Waals surface area contributed by atoms with E-state index in [2.05, 4.69) is 71.9 Å². The molecule has 0 unspecified atom stereocenters. The molecule has 0 aliphatic heterocycles. The molecule has 2 rings (SSSR count). The Hall–Kier alpha value is -1.53. The molecule has 0 aliphatic rings. The van der Waals surface area contributed by atoms with Crippen LogP contribution in [0.2, 0.25) is 0 Å². The largest absolute Gasteiger partial charge is 0.285 e. The molecular formula is C15H16O3S2. The van der Waals surface area contributed by atoms with E-state index in [4.69, 9.17) is 13.3 Å². The molecule has 0 bridgehead atoms. The van der Waals surface area contributed by atoms with Crippen LogP contribution in [0.3, 0.4) is 0 Å². The van der Waals surface area contributed by atoms with Crippen molar-refractivity contribution in [3.63, 3.8) is 0 Å². The first-order valence-electron chi connectivity index (χ1n) is 5.90. The monoisotopic (exact) mass is 308 g/mol. The highest BCUT2D eigenvalue weighted by molar-refractivity contribution is 8.26. The lowest BCUT2D eigenvalue weighted by Crippen LogP contribution is -1.86. The predicted molar refractivity (Wildman–Crippen MR) is 86.4 cm³/mol. The molecule has 3 nitrogen and oxygen atoms in total. The van der Waals surface area contributed by atoms with Gasteiger partial charge in [-0.3, -0.25) is 9.11 Å². The molecule has 106 valence electrons. The van der Waals surface area contributed by atoms with E-state index in [0.717, 1.165) is 6.42 Å². The molecule has 0 saturated heterocycles. The Morgan fingerprint density at radius 2 is 1.40 bits per heavy atom. The van der Waals surface area contributed by atoms with Crippen LogP contribution >= 0.6 is 0 Å². The smallest absolute Gasteiger partial charge is 0.263 e. The van der Waals surface area contributed by atoms with Gasteiger partial charge in [-0.2, -0.15) is 4.21 Å². The van der Waals surface area contributed by atoms with Gasteiger partial charge in [0.05, 0.1) is 0 Å². The van der Waals surface area contributed by atoms with Gasteiger partial charge in [0.1, 0.15) is 0 Å². The SMILES string of the molecule is C(=Cc1ccccc1)Cc1ccccc1.O=S(O)(O)=S. The van der Waals surface area contributed by atoms with Crippen LogP contribution in [-0.4, -0.2) is 13.3 Å². The zero-order valence-corrected chi connectivity index (χ0v) is 12.4. The fourth-order valence-corrected chi connectivity index (χ4v) is 1.51. The van der Waals surface area contributed by atoms with Crippen LogP contribution in [0.4, 0.5) is 0 Å². The molecule has 5 heteroatoms. The van der Waals surface area contributed by atoms with Crippen molar-refractivity contribution in [3.05, 3.63) is 77.9 Å². The first-order chi connectivity index (χ1) is 9.45. The van der Waals surface area contributed by atoms with Crippen LogP contribution in [0.1, 0.15) is 11.1 Å². The summed E-state index contributed by atoms with van der Waals surface area (Å²) < 4.78 is 24.0. The molecule has 0 amide bonds. The lowest BCUT2D eigenvalue weighted by molar-refractivity contribution is 0.450. The number of hydrogen-bond acceptors (Lipinski definition) is 2. The molecule has 2 aromatic carbocycles. The molecule has 0 spiro atoms. The van der Waals surface area contributed by atoms with Crippen LogP contribution in [-0.2, 0) is 26.7 Å². The van der Waals surface area contributed by atoms with Gasteiger partial charge in [-0.05, 0) is 17.5 Å². The lowest BCUT2D eigenvalue weighted by atomic mass is 10.1. The Morgan fingerprint density at radius 1 is 0.950 bits per heavy atom. The van der Waals surface area contributed by atoms with Crippen molar-refractivity contribution >= 4 is 26.3 Å². The zero-order chi connectivity index (χ0) is 14.8. The third kappa shape index (κ3) is 9.41. The van der Waals surface area contributed by atoms with E-state index in [1.807, 2.05) is 12.1 Å². The molecule has 2 N–H and O–H groups in total. The summed E-state index contributed by atoms with van der Waals surface area (Å²) >= 11 is 3.47. The van der Waals surface area contributed by atoms with Crippen molar-refractivity contribution in [3.8, 4) is 0 Å². The van der Waals surface area contributed by atoms with E-state index in [0.29, 0.717) is 0 Å². The summed E-state index contributed by atoms with van der Waals surface area (Å²) in [7, 11) is -3.83. The molecule has 0 atom stereocenters. The number of allylic oxidation sites excluding steroid dienone is 1. The van der Waals surface area contributed by atoms with E-state index < -0.39 is 9.05 Å². The Morgan fingerprint density at radius 3 is 1.90 bits per heavy atom. The maximum absolute atomic E-state index is 9.11. The van der Waals surface area contributed by atoms with Gasteiger partial charge < -0.3 is 0 Å². The van der Waals surface area contributed by atoms with Gasteiger partial charge in [0, 0.05) is 11.2 Å². The summed E-state index contributed by atoms with van der Waals surface area (Å²) in [5.74, 6) is 0. The fraction of sp³-hybridized carbons (Fsp3) is 0.0667. The fourth-order valence-electron chi connectivity index (χ4n) is 1.51. The number of benzene rings is 2. The van der Waals surface area contributed by atoms with Gasteiger partial charge in [0.15, 0.2) is 0 Å². The molecular weight excluding hydrogens is 292 g/mol. The maximum Gasteiger partial charge on any atom is 0.263 e. The third-order valence-corrected chi connectivity index (χ3v) is 2.31. The predicted octanol–water partition coefficient (Wildman–Crippen LogP) is 3.62. The minimum Gasteiger partial charge on any atom is -0.285 e. The summed E-state index contributed by atoms with van der Waals surface area (Å²) in [6.45, 7) is 0. The van der Waals surface area contributed by atoms with Gasteiger partial charge in [-0.1, -0.05) is 72.8 Å². The topological polar surface area (TPSA) is 57.5 Å². The molecule has 0 aromatic heterocycles. The third-order valence-electron chi connectivity index (χ3n) is 2.31. The second-order valence-electron chi connectivity index (χ2n) is 3.95. The van der Waals surface area contributed by atoms with Gasteiger partial charge in [-0.25, -0.2) is 0 Å². The van der Waals surface area contributed by atoms with Gasteiger partial charge in [-0.15, -0.1) is 0 Å². The second-order valence-corrected chi connectivity index (χ2v) is 6.15. The molecule has 20 heavy (non-hydrogen) atoms. The molecule has 0 aliphatic carbocycles. The summed E-state index contributed by atoms with van der Waals surface area (Å²) in [5.41, 5.74) is 2.61. The summed E-state index contributed by atoms with van der Waals surface area (Å²) in [5, 5.41) is 0. The van der Waals surface area contributed by atoms with Gasteiger partial charge >= 0.3 is 0 Å². The lowest BCUT2D eigenvalue weighted by Gasteiger charge is -1.94. The maximum atomic E-state index is 9.11. The molecule has 2 aromatic rings. The molecule has 0 fully saturated rings. The van der Waals surface area contributed by atoms with Crippen molar-refractivity contribution in [1.29, 1.82) is 0 Å². The van der Waals surface area contributed by atoms with E-state index in [-0.39, 0.29) is 0 Å². The Bertz CT molecular complexity index is 613. The number of hydrogen-bond donors (Lipinski definition) is 2. The van der Waals surface area contributed by atoms with Crippen molar-refractivity contribution in [2.24, 2.45) is 0 Å². The summed E-state index contributed by atoms with van der Waals surface area (Å²) in [6.07, 6.45) is 5.35. The highest BCUT2D eigenvalue weighted by atomic mass is 32.9. The summed E-state index contributed by atoms with van der Waals surface area (Å²) in [6, 6.07) is 20.9.